The molecule has 3 heteroatoms. The molecular weight excluding hydrogens is 294 g/mol. The van der Waals surface area contributed by atoms with Gasteiger partial charge in [-0.2, -0.15) is 0 Å². The molecular formula is C21H23N3. The summed E-state index contributed by atoms with van der Waals surface area (Å²) in [4.78, 5) is 2.31. The third-order valence-electron chi connectivity index (χ3n) is 4.20. The second kappa shape index (κ2) is 6.67. The Labute approximate surface area is 143 Å². The first-order valence-corrected chi connectivity index (χ1v) is 8.09. The Hall–Kier alpha value is -2.94. The van der Waals surface area contributed by atoms with Gasteiger partial charge in [-0.1, -0.05) is 29.9 Å². The van der Waals surface area contributed by atoms with Gasteiger partial charge < -0.3 is 16.4 Å². The van der Waals surface area contributed by atoms with Crippen LogP contribution in [0.3, 0.4) is 0 Å². The smallest absolute Gasteiger partial charge is 0.0778 e. The third kappa shape index (κ3) is 3.20. The third-order valence-corrected chi connectivity index (χ3v) is 4.20. The number of nitrogen functional groups attached to an aromatic ring is 2. The van der Waals surface area contributed by atoms with E-state index in [1.807, 2.05) is 24.3 Å². The van der Waals surface area contributed by atoms with Crippen molar-refractivity contribution in [3.8, 4) is 0 Å². The van der Waals surface area contributed by atoms with E-state index in [9.17, 15) is 0 Å². The average molecular weight is 317 g/mol. The van der Waals surface area contributed by atoms with Crippen molar-refractivity contribution in [2.75, 3.05) is 16.4 Å². The maximum atomic E-state index is 5.87. The van der Waals surface area contributed by atoms with Crippen molar-refractivity contribution < 1.29 is 0 Å². The van der Waals surface area contributed by atoms with Gasteiger partial charge in [-0.3, -0.25) is 0 Å². The lowest BCUT2D eigenvalue weighted by Gasteiger charge is -2.35. The number of hydrogen-bond acceptors (Lipinski definition) is 3. The monoisotopic (exact) mass is 317 g/mol. The number of anilines is 4. The number of rotatable bonds is 3. The second-order valence-corrected chi connectivity index (χ2v) is 6.20. The molecule has 1 atom stereocenters. The maximum Gasteiger partial charge on any atom is 0.0778 e. The largest absolute Gasteiger partial charge is 0.399 e. The van der Waals surface area contributed by atoms with Crippen molar-refractivity contribution in [1.82, 2.24) is 0 Å². The van der Waals surface area contributed by atoms with Gasteiger partial charge in [0.2, 0.25) is 0 Å². The molecule has 0 amide bonds. The van der Waals surface area contributed by atoms with Gasteiger partial charge in [0.1, 0.15) is 0 Å². The van der Waals surface area contributed by atoms with Gasteiger partial charge >= 0.3 is 0 Å². The zero-order valence-corrected chi connectivity index (χ0v) is 14.1. The highest BCUT2D eigenvalue weighted by Crippen LogP contribution is 2.34. The van der Waals surface area contributed by atoms with E-state index in [4.69, 9.17) is 11.5 Å². The van der Waals surface area contributed by atoms with E-state index in [0.29, 0.717) is 0 Å². The van der Waals surface area contributed by atoms with E-state index in [-0.39, 0.29) is 6.04 Å². The highest BCUT2D eigenvalue weighted by molar-refractivity contribution is 5.70. The minimum atomic E-state index is 0.132. The lowest BCUT2D eigenvalue weighted by molar-refractivity contribution is 0.888. The number of nitrogens with zero attached hydrogens (tertiary/aromatic N) is 1. The minimum Gasteiger partial charge on any atom is -0.399 e. The van der Waals surface area contributed by atoms with Gasteiger partial charge in [0, 0.05) is 22.7 Å². The molecule has 2 aromatic rings. The average Bonchev–Trinajstić information content (AvgIpc) is 2.59. The van der Waals surface area contributed by atoms with Crippen molar-refractivity contribution in [2.45, 2.75) is 19.9 Å². The van der Waals surface area contributed by atoms with Gasteiger partial charge in [-0.05, 0) is 68.0 Å². The summed E-state index contributed by atoms with van der Waals surface area (Å²) in [6, 6.07) is 16.1. The fourth-order valence-electron chi connectivity index (χ4n) is 2.96. The van der Waals surface area contributed by atoms with Gasteiger partial charge in [0.15, 0.2) is 0 Å². The molecule has 1 aliphatic rings. The molecule has 2 aromatic carbocycles. The van der Waals surface area contributed by atoms with Crippen LogP contribution in [0.5, 0.6) is 0 Å². The molecule has 122 valence electrons. The maximum absolute atomic E-state index is 5.87. The van der Waals surface area contributed by atoms with E-state index in [1.54, 1.807) is 0 Å². The fourth-order valence-corrected chi connectivity index (χ4v) is 2.96. The minimum absolute atomic E-state index is 0.132. The first-order chi connectivity index (χ1) is 11.6. The quantitative estimate of drug-likeness (QED) is 0.798. The molecule has 3 rings (SSSR count). The van der Waals surface area contributed by atoms with Crippen molar-refractivity contribution in [2.24, 2.45) is 0 Å². The Bertz CT molecular complexity index is 746. The molecule has 0 spiro atoms. The van der Waals surface area contributed by atoms with Crippen LogP contribution in [-0.4, -0.2) is 6.04 Å². The normalized spacial score (nSPS) is 16.2. The van der Waals surface area contributed by atoms with Gasteiger partial charge in [-0.15, -0.1) is 0 Å². The predicted molar refractivity (Wildman–Crippen MR) is 104 cm³/mol. The Morgan fingerprint density at radius 1 is 0.792 bits per heavy atom. The molecule has 1 aliphatic carbocycles. The first-order valence-electron chi connectivity index (χ1n) is 8.09. The van der Waals surface area contributed by atoms with Crippen LogP contribution in [0, 0.1) is 0 Å². The number of hydrogen-bond donors (Lipinski definition) is 2. The van der Waals surface area contributed by atoms with E-state index in [2.05, 4.69) is 67.3 Å². The van der Waals surface area contributed by atoms with E-state index >= 15 is 0 Å². The second-order valence-electron chi connectivity index (χ2n) is 6.20. The summed E-state index contributed by atoms with van der Waals surface area (Å²) in [7, 11) is 0. The van der Waals surface area contributed by atoms with Crippen molar-refractivity contribution >= 4 is 22.7 Å². The lowest BCUT2D eigenvalue weighted by Crippen LogP contribution is -2.32. The molecule has 0 saturated carbocycles. The van der Waals surface area contributed by atoms with Crippen LogP contribution in [0.15, 0.2) is 84.0 Å². The summed E-state index contributed by atoms with van der Waals surface area (Å²) < 4.78 is 0. The first kappa shape index (κ1) is 15.9. The Morgan fingerprint density at radius 2 is 1.29 bits per heavy atom. The van der Waals surface area contributed by atoms with Crippen LogP contribution in [0.25, 0.3) is 0 Å². The molecule has 0 radical (unpaired) electrons. The molecule has 0 heterocycles. The SMILES string of the molecule is CC(C)=C1C=CC=CC1N(c1ccc(N)cc1)c1ccc(N)cc1. The molecule has 0 fully saturated rings. The van der Waals surface area contributed by atoms with Crippen LogP contribution in [0.2, 0.25) is 0 Å². The molecule has 0 bridgehead atoms. The molecule has 1 unspecified atom stereocenters. The summed E-state index contributed by atoms with van der Waals surface area (Å²) in [5, 5.41) is 0. The van der Waals surface area contributed by atoms with E-state index in [0.717, 1.165) is 22.7 Å². The lowest BCUT2D eigenvalue weighted by atomic mass is 9.95. The summed E-state index contributed by atoms with van der Waals surface area (Å²) in [6.45, 7) is 4.30. The Balaban J connectivity index is 2.13. The Morgan fingerprint density at radius 3 is 1.75 bits per heavy atom. The van der Waals surface area contributed by atoms with E-state index < -0.39 is 0 Å². The molecule has 4 N–H and O–H groups in total. The molecule has 0 saturated heterocycles. The van der Waals surface area contributed by atoms with Crippen molar-refractivity contribution in [1.29, 1.82) is 0 Å². The highest BCUT2D eigenvalue weighted by Gasteiger charge is 2.23. The highest BCUT2D eigenvalue weighted by atomic mass is 15.2. The molecule has 24 heavy (non-hydrogen) atoms. The predicted octanol–water partition coefficient (Wildman–Crippen LogP) is 4.82. The van der Waals surface area contributed by atoms with Gasteiger partial charge in [-0.25, -0.2) is 0 Å². The van der Waals surface area contributed by atoms with Crippen LogP contribution in [0.4, 0.5) is 22.7 Å². The molecule has 0 aliphatic heterocycles. The van der Waals surface area contributed by atoms with Crippen LogP contribution >= 0.6 is 0 Å². The fraction of sp³-hybridized carbons (Fsp3) is 0.143. The topological polar surface area (TPSA) is 55.3 Å². The zero-order chi connectivity index (χ0) is 17.1. The number of nitrogens with two attached hydrogens (primary N) is 2. The molecule has 0 aromatic heterocycles. The standard InChI is InChI=1S/C21H23N3/c1-15(2)20-5-3-4-6-21(20)24(18-11-7-16(22)8-12-18)19-13-9-17(23)10-14-19/h3-14,21H,22-23H2,1-2H3. The van der Waals surface area contributed by atoms with Gasteiger partial charge in [0.25, 0.3) is 0 Å². The summed E-state index contributed by atoms with van der Waals surface area (Å²) >= 11 is 0. The molecule has 3 nitrogen and oxygen atoms in total. The van der Waals surface area contributed by atoms with Crippen LogP contribution in [-0.2, 0) is 0 Å². The summed E-state index contributed by atoms with van der Waals surface area (Å²) in [5.74, 6) is 0. The summed E-state index contributed by atoms with van der Waals surface area (Å²) in [6.07, 6.45) is 8.58. The number of benzene rings is 2. The van der Waals surface area contributed by atoms with Crippen LogP contribution in [0.1, 0.15) is 13.8 Å². The summed E-state index contributed by atoms with van der Waals surface area (Å²) in [5.41, 5.74) is 18.1. The van der Waals surface area contributed by atoms with Gasteiger partial charge in [0.05, 0.1) is 6.04 Å². The van der Waals surface area contributed by atoms with Crippen molar-refractivity contribution in [3.05, 3.63) is 84.0 Å². The van der Waals surface area contributed by atoms with Crippen LogP contribution < -0.4 is 16.4 Å². The Kier molecular flexibility index (Phi) is 4.43. The number of allylic oxidation sites excluding steroid dienone is 3. The van der Waals surface area contributed by atoms with Crippen molar-refractivity contribution in [3.63, 3.8) is 0 Å². The zero-order valence-electron chi connectivity index (χ0n) is 14.1. The van der Waals surface area contributed by atoms with E-state index in [1.165, 1.54) is 11.1 Å².